The first-order valence-electron chi connectivity index (χ1n) is 20.8. The zero-order chi connectivity index (χ0) is 41.0. The van der Waals surface area contributed by atoms with Gasteiger partial charge in [-0.1, -0.05) is 164 Å². The van der Waals surface area contributed by atoms with Gasteiger partial charge in [0.05, 0.1) is 11.0 Å². The number of hydrogen-bond acceptors (Lipinski definition) is 4. The standard InChI is InChI=1S/C57H36N4O/c1-4-12-37(13-5-1)38-24-26-42(27-25-38)56-58-55(41-14-6-2-7-15-41)59-57(60-56)45-29-32-49-48-31-28-44(35-53(48)62-54(49)36-45)40-22-20-39(21-23-40)43-30-33-52-50(34-43)47-18-10-11-19-51(47)61(52)46-16-8-3-9-17-46/h1-36H. The largest absolute Gasteiger partial charge is 0.456 e. The normalized spacial score (nSPS) is 11.5. The Morgan fingerprint density at radius 1 is 0.274 bits per heavy atom. The Balaban J connectivity index is 0.867. The van der Waals surface area contributed by atoms with Crippen LogP contribution in [0.15, 0.2) is 223 Å². The van der Waals surface area contributed by atoms with Gasteiger partial charge in [0, 0.05) is 43.9 Å². The van der Waals surface area contributed by atoms with Crippen molar-refractivity contribution >= 4 is 43.7 Å². The van der Waals surface area contributed by atoms with Gasteiger partial charge in [-0.3, -0.25) is 0 Å². The van der Waals surface area contributed by atoms with Crippen molar-refractivity contribution in [1.82, 2.24) is 19.5 Å². The van der Waals surface area contributed by atoms with Crippen LogP contribution in [0.2, 0.25) is 0 Å². The minimum Gasteiger partial charge on any atom is -0.456 e. The second-order valence-corrected chi connectivity index (χ2v) is 15.6. The second kappa shape index (κ2) is 14.7. The number of para-hydroxylation sites is 2. The summed E-state index contributed by atoms with van der Waals surface area (Å²) < 4.78 is 8.94. The topological polar surface area (TPSA) is 56.7 Å². The van der Waals surface area contributed by atoms with Crippen LogP contribution < -0.4 is 0 Å². The molecule has 0 amide bonds. The van der Waals surface area contributed by atoms with Crippen molar-refractivity contribution in [2.45, 2.75) is 0 Å². The maximum atomic E-state index is 6.59. The number of aromatic nitrogens is 4. The fourth-order valence-electron chi connectivity index (χ4n) is 8.75. The van der Waals surface area contributed by atoms with E-state index in [1.807, 2.05) is 42.5 Å². The molecule has 0 atom stereocenters. The van der Waals surface area contributed by atoms with Crippen LogP contribution >= 0.6 is 0 Å². The first-order chi connectivity index (χ1) is 30.7. The van der Waals surface area contributed by atoms with Crippen molar-refractivity contribution in [3.63, 3.8) is 0 Å². The van der Waals surface area contributed by atoms with Crippen molar-refractivity contribution in [1.29, 1.82) is 0 Å². The molecule has 0 aliphatic rings. The third-order valence-corrected chi connectivity index (χ3v) is 11.9. The molecule has 12 aromatic rings. The molecule has 0 radical (unpaired) electrons. The highest BCUT2D eigenvalue weighted by Gasteiger charge is 2.17. The smallest absolute Gasteiger partial charge is 0.164 e. The SMILES string of the molecule is c1ccc(-c2ccc(-c3nc(-c4ccccc4)nc(-c4ccc5c(c4)oc4cc(-c6ccc(-c7ccc8c(c7)c7ccccc7n8-c7ccccc7)cc6)ccc45)n3)cc2)cc1. The Morgan fingerprint density at radius 3 is 1.32 bits per heavy atom. The number of furan rings is 1. The van der Waals surface area contributed by atoms with Crippen LogP contribution in [0.4, 0.5) is 0 Å². The van der Waals surface area contributed by atoms with Crippen molar-refractivity contribution in [3.05, 3.63) is 218 Å². The molecule has 0 unspecified atom stereocenters. The molecule has 5 nitrogen and oxygen atoms in total. The van der Waals surface area contributed by atoms with Gasteiger partial charge in [-0.15, -0.1) is 0 Å². The number of benzene rings is 9. The fraction of sp³-hybridized carbons (Fsp3) is 0. The minimum atomic E-state index is 0.588. The summed E-state index contributed by atoms with van der Waals surface area (Å²) in [6.45, 7) is 0. The fourth-order valence-corrected chi connectivity index (χ4v) is 8.75. The Kier molecular flexibility index (Phi) is 8.42. The van der Waals surface area contributed by atoms with Gasteiger partial charge in [0.25, 0.3) is 0 Å². The van der Waals surface area contributed by atoms with Crippen LogP contribution in [-0.4, -0.2) is 19.5 Å². The number of rotatable bonds is 7. The zero-order valence-electron chi connectivity index (χ0n) is 33.5. The molecule has 9 aromatic carbocycles. The lowest BCUT2D eigenvalue weighted by atomic mass is 9.98. The quantitative estimate of drug-likeness (QED) is 0.161. The molecule has 3 heterocycles. The molecule has 5 heteroatoms. The van der Waals surface area contributed by atoms with Gasteiger partial charge >= 0.3 is 0 Å². The summed E-state index contributed by atoms with van der Waals surface area (Å²) in [5.41, 5.74) is 14.8. The van der Waals surface area contributed by atoms with E-state index in [4.69, 9.17) is 19.4 Å². The maximum Gasteiger partial charge on any atom is 0.164 e. The predicted octanol–water partition coefficient (Wildman–Crippen LogP) is 14.9. The van der Waals surface area contributed by atoms with Gasteiger partial charge in [0.1, 0.15) is 11.2 Å². The van der Waals surface area contributed by atoms with Crippen LogP contribution in [-0.2, 0) is 0 Å². The predicted molar refractivity (Wildman–Crippen MR) is 254 cm³/mol. The number of hydrogen-bond donors (Lipinski definition) is 0. The maximum absolute atomic E-state index is 6.59. The summed E-state index contributed by atoms with van der Waals surface area (Å²) in [4.78, 5) is 15.0. The van der Waals surface area contributed by atoms with Crippen LogP contribution in [0.3, 0.4) is 0 Å². The average Bonchev–Trinajstić information content (AvgIpc) is 3.89. The van der Waals surface area contributed by atoms with Gasteiger partial charge in [0.15, 0.2) is 17.5 Å². The summed E-state index contributed by atoms with van der Waals surface area (Å²) in [6, 6.07) is 76.4. The van der Waals surface area contributed by atoms with Crippen LogP contribution in [0.1, 0.15) is 0 Å². The molecule has 0 fully saturated rings. The van der Waals surface area contributed by atoms with Crippen molar-refractivity contribution < 1.29 is 4.42 Å². The lowest BCUT2D eigenvalue weighted by Gasteiger charge is -2.09. The highest BCUT2D eigenvalue weighted by Crippen LogP contribution is 2.38. The molecule has 0 aliphatic heterocycles. The summed E-state index contributed by atoms with van der Waals surface area (Å²) >= 11 is 0. The van der Waals surface area contributed by atoms with E-state index in [-0.39, 0.29) is 0 Å². The lowest BCUT2D eigenvalue weighted by molar-refractivity contribution is 0.669. The van der Waals surface area contributed by atoms with Gasteiger partial charge < -0.3 is 8.98 Å². The average molecular weight is 793 g/mol. The molecule has 0 saturated carbocycles. The molecule has 0 bridgehead atoms. The molecular weight excluding hydrogens is 757 g/mol. The van der Waals surface area contributed by atoms with E-state index in [9.17, 15) is 0 Å². The third kappa shape index (κ3) is 6.23. The van der Waals surface area contributed by atoms with E-state index < -0.39 is 0 Å². The van der Waals surface area contributed by atoms with Crippen molar-refractivity contribution in [2.24, 2.45) is 0 Å². The minimum absolute atomic E-state index is 0.588. The van der Waals surface area contributed by atoms with Gasteiger partial charge in [-0.2, -0.15) is 0 Å². The third-order valence-electron chi connectivity index (χ3n) is 11.9. The monoisotopic (exact) mass is 792 g/mol. The molecule has 290 valence electrons. The first kappa shape index (κ1) is 35.5. The molecule has 0 saturated heterocycles. The summed E-state index contributed by atoms with van der Waals surface area (Å²) in [5, 5.41) is 4.60. The Labute approximate surface area is 357 Å². The van der Waals surface area contributed by atoms with Crippen molar-refractivity contribution in [2.75, 3.05) is 0 Å². The van der Waals surface area contributed by atoms with E-state index in [0.717, 1.165) is 61.0 Å². The summed E-state index contributed by atoms with van der Waals surface area (Å²) in [7, 11) is 0. The van der Waals surface area contributed by atoms with E-state index in [2.05, 4.69) is 180 Å². The molecular formula is C57H36N4O. The highest BCUT2D eigenvalue weighted by molar-refractivity contribution is 6.10. The van der Waals surface area contributed by atoms with E-state index in [1.165, 1.54) is 38.5 Å². The Bertz CT molecular complexity index is 3590. The summed E-state index contributed by atoms with van der Waals surface area (Å²) in [6.07, 6.45) is 0. The Morgan fingerprint density at radius 2 is 0.677 bits per heavy atom. The molecule has 3 aromatic heterocycles. The van der Waals surface area contributed by atoms with E-state index in [0.29, 0.717) is 17.5 Å². The van der Waals surface area contributed by atoms with E-state index >= 15 is 0 Å². The number of nitrogens with zero attached hydrogens (tertiary/aromatic N) is 4. The first-order valence-corrected chi connectivity index (χ1v) is 20.8. The zero-order valence-corrected chi connectivity index (χ0v) is 33.5. The van der Waals surface area contributed by atoms with Crippen LogP contribution in [0, 0.1) is 0 Å². The molecule has 62 heavy (non-hydrogen) atoms. The van der Waals surface area contributed by atoms with Crippen LogP contribution in [0.25, 0.3) is 117 Å². The van der Waals surface area contributed by atoms with Gasteiger partial charge in [0.2, 0.25) is 0 Å². The molecule has 0 N–H and O–H groups in total. The Hall–Kier alpha value is -8.41. The van der Waals surface area contributed by atoms with Gasteiger partial charge in [-0.25, -0.2) is 15.0 Å². The molecule has 0 aliphatic carbocycles. The second-order valence-electron chi connectivity index (χ2n) is 15.6. The molecule has 12 rings (SSSR count). The van der Waals surface area contributed by atoms with Gasteiger partial charge in [-0.05, 0) is 88.0 Å². The molecule has 0 spiro atoms. The van der Waals surface area contributed by atoms with E-state index in [1.54, 1.807) is 0 Å². The lowest BCUT2D eigenvalue weighted by Crippen LogP contribution is -2.00. The number of fused-ring (bicyclic) bond motifs is 6. The van der Waals surface area contributed by atoms with Crippen molar-refractivity contribution in [3.8, 4) is 73.2 Å². The summed E-state index contributed by atoms with van der Waals surface area (Å²) in [5.74, 6) is 1.82. The highest BCUT2D eigenvalue weighted by atomic mass is 16.3. The van der Waals surface area contributed by atoms with Crippen LogP contribution in [0.5, 0.6) is 0 Å².